The molecule has 0 aromatic rings. The first kappa shape index (κ1) is 10.6. The van der Waals surface area contributed by atoms with Crippen LogP contribution in [0.4, 0.5) is 0 Å². The molecule has 0 spiro atoms. The summed E-state index contributed by atoms with van der Waals surface area (Å²) in [5.74, 6) is 0.652. The molecule has 0 N–H and O–H groups in total. The Labute approximate surface area is 72.0 Å². The van der Waals surface area contributed by atoms with Gasteiger partial charge in [0.25, 0.3) is 0 Å². The molecule has 2 nitrogen and oxygen atoms in total. The van der Waals surface area contributed by atoms with E-state index in [-0.39, 0.29) is 11.2 Å². The van der Waals surface area contributed by atoms with Crippen LogP contribution in [0.5, 0.6) is 0 Å². The first-order valence-electron chi connectivity index (χ1n) is 3.61. The highest BCUT2D eigenvalue weighted by Gasteiger charge is 2.12. The van der Waals surface area contributed by atoms with Crippen molar-refractivity contribution < 1.29 is 9.53 Å². The third kappa shape index (κ3) is 4.90. The maximum absolute atomic E-state index is 11.0. The summed E-state index contributed by atoms with van der Waals surface area (Å²) in [6.07, 6.45) is 1.78. The van der Waals surface area contributed by atoms with E-state index >= 15 is 0 Å². The highest BCUT2D eigenvalue weighted by molar-refractivity contribution is 8.00. The Bertz CT molecular complexity index is 134. The Kier molecular flexibility index (Phi) is 6.03. The SMILES string of the molecule is C=CCSC(C)C(=O)OCC. The lowest BCUT2D eigenvalue weighted by atomic mass is 10.5. The van der Waals surface area contributed by atoms with Gasteiger partial charge in [0.15, 0.2) is 0 Å². The first-order valence-corrected chi connectivity index (χ1v) is 4.66. The number of ether oxygens (including phenoxy) is 1. The van der Waals surface area contributed by atoms with E-state index in [0.717, 1.165) is 5.75 Å². The quantitative estimate of drug-likeness (QED) is 0.470. The summed E-state index contributed by atoms with van der Waals surface area (Å²) < 4.78 is 4.81. The molecule has 11 heavy (non-hydrogen) atoms. The van der Waals surface area contributed by atoms with Gasteiger partial charge in [-0.2, -0.15) is 0 Å². The van der Waals surface area contributed by atoms with E-state index in [9.17, 15) is 4.79 Å². The Balaban J connectivity index is 3.54. The van der Waals surface area contributed by atoms with Crippen LogP contribution in [0, 0.1) is 0 Å². The van der Waals surface area contributed by atoms with E-state index in [1.165, 1.54) is 11.8 Å². The monoisotopic (exact) mass is 174 g/mol. The Morgan fingerprint density at radius 3 is 2.91 bits per heavy atom. The minimum Gasteiger partial charge on any atom is -0.465 e. The van der Waals surface area contributed by atoms with Gasteiger partial charge in [-0.3, -0.25) is 4.79 Å². The molecule has 0 aliphatic carbocycles. The molecule has 0 radical (unpaired) electrons. The average Bonchev–Trinajstić information content (AvgIpc) is 2.00. The van der Waals surface area contributed by atoms with Crippen molar-refractivity contribution in [1.29, 1.82) is 0 Å². The highest BCUT2D eigenvalue weighted by atomic mass is 32.2. The van der Waals surface area contributed by atoms with Gasteiger partial charge in [0, 0.05) is 5.75 Å². The Morgan fingerprint density at radius 2 is 2.45 bits per heavy atom. The Hall–Kier alpha value is -0.440. The molecule has 0 saturated heterocycles. The van der Waals surface area contributed by atoms with Gasteiger partial charge in [0.2, 0.25) is 0 Å². The van der Waals surface area contributed by atoms with E-state index in [1.807, 2.05) is 13.8 Å². The van der Waals surface area contributed by atoms with Crippen molar-refractivity contribution in [3.8, 4) is 0 Å². The number of hydrogen-bond donors (Lipinski definition) is 0. The molecule has 64 valence electrons. The van der Waals surface area contributed by atoms with Crippen LogP contribution in [-0.4, -0.2) is 23.6 Å². The second-order valence-corrected chi connectivity index (χ2v) is 3.39. The van der Waals surface area contributed by atoms with Crippen molar-refractivity contribution in [2.45, 2.75) is 19.1 Å². The van der Waals surface area contributed by atoms with Crippen molar-refractivity contribution in [2.75, 3.05) is 12.4 Å². The molecule has 1 unspecified atom stereocenters. The Morgan fingerprint density at radius 1 is 1.82 bits per heavy atom. The number of esters is 1. The van der Waals surface area contributed by atoms with Crippen molar-refractivity contribution in [3.63, 3.8) is 0 Å². The number of carbonyl (C=O) groups is 1. The summed E-state index contributed by atoms with van der Waals surface area (Å²) in [7, 11) is 0. The topological polar surface area (TPSA) is 26.3 Å². The van der Waals surface area contributed by atoms with Gasteiger partial charge >= 0.3 is 5.97 Å². The van der Waals surface area contributed by atoms with Crippen LogP contribution >= 0.6 is 11.8 Å². The van der Waals surface area contributed by atoms with Gasteiger partial charge in [-0.1, -0.05) is 6.08 Å². The lowest BCUT2D eigenvalue weighted by Crippen LogP contribution is -2.16. The molecular formula is C8H14O2S. The molecule has 0 fully saturated rings. The van der Waals surface area contributed by atoms with Crippen LogP contribution < -0.4 is 0 Å². The molecule has 0 saturated carbocycles. The molecule has 1 atom stereocenters. The standard InChI is InChI=1S/C8H14O2S/c1-4-6-11-7(3)8(9)10-5-2/h4,7H,1,5-6H2,2-3H3. The van der Waals surface area contributed by atoms with Gasteiger partial charge in [-0.25, -0.2) is 0 Å². The molecule has 0 amide bonds. The van der Waals surface area contributed by atoms with E-state index in [2.05, 4.69) is 6.58 Å². The molecule has 0 heterocycles. The molecule has 0 bridgehead atoms. The van der Waals surface area contributed by atoms with Crippen molar-refractivity contribution in [2.24, 2.45) is 0 Å². The van der Waals surface area contributed by atoms with E-state index in [4.69, 9.17) is 4.74 Å². The van der Waals surface area contributed by atoms with Crippen LogP contribution in [0.25, 0.3) is 0 Å². The zero-order valence-corrected chi connectivity index (χ0v) is 7.82. The number of carbonyl (C=O) groups excluding carboxylic acids is 1. The zero-order chi connectivity index (χ0) is 8.69. The lowest BCUT2D eigenvalue weighted by Gasteiger charge is -2.07. The van der Waals surface area contributed by atoms with Crippen molar-refractivity contribution >= 4 is 17.7 Å². The van der Waals surface area contributed by atoms with Crippen LogP contribution in [0.3, 0.4) is 0 Å². The third-order valence-corrected chi connectivity index (χ3v) is 2.20. The summed E-state index contributed by atoms with van der Waals surface area (Å²) >= 11 is 1.53. The average molecular weight is 174 g/mol. The molecule has 0 aromatic carbocycles. The molecule has 0 rings (SSSR count). The zero-order valence-electron chi connectivity index (χ0n) is 7.00. The minimum atomic E-state index is -0.139. The second-order valence-electron chi connectivity index (χ2n) is 2.02. The van der Waals surface area contributed by atoms with Crippen LogP contribution in [0.15, 0.2) is 12.7 Å². The van der Waals surface area contributed by atoms with E-state index in [1.54, 1.807) is 6.08 Å². The minimum absolute atomic E-state index is 0.0760. The third-order valence-electron chi connectivity index (χ3n) is 1.08. The van der Waals surface area contributed by atoms with Crippen LogP contribution in [0.2, 0.25) is 0 Å². The van der Waals surface area contributed by atoms with E-state index in [0.29, 0.717) is 6.61 Å². The summed E-state index contributed by atoms with van der Waals surface area (Å²) in [4.78, 5) is 11.0. The van der Waals surface area contributed by atoms with E-state index < -0.39 is 0 Å². The van der Waals surface area contributed by atoms with Gasteiger partial charge in [-0.05, 0) is 13.8 Å². The summed E-state index contributed by atoms with van der Waals surface area (Å²) in [5.41, 5.74) is 0. The predicted octanol–water partition coefficient (Wildman–Crippen LogP) is 1.86. The van der Waals surface area contributed by atoms with Crippen LogP contribution in [0.1, 0.15) is 13.8 Å². The highest BCUT2D eigenvalue weighted by Crippen LogP contribution is 2.11. The fraction of sp³-hybridized carbons (Fsp3) is 0.625. The van der Waals surface area contributed by atoms with Gasteiger partial charge in [0.05, 0.1) is 11.9 Å². The largest absolute Gasteiger partial charge is 0.465 e. The van der Waals surface area contributed by atoms with Crippen molar-refractivity contribution in [1.82, 2.24) is 0 Å². The number of hydrogen-bond acceptors (Lipinski definition) is 3. The second kappa shape index (κ2) is 6.28. The van der Waals surface area contributed by atoms with Crippen LogP contribution in [-0.2, 0) is 9.53 Å². The van der Waals surface area contributed by atoms with Crippen molar-refractivity contribution in [3.05, 3.63) is 12.7 Å². The molecule has 0 aliphatic heterocycles. The van der Waals surface area contributed by atoms with Gasteiger partial charge < -0.3 is 4.74 Å². The molecule has 0 aliphatic rings. The number of thioether (sulfide) groups is 1. The molecular weight excluding hydrogens is 160 g/mol. The first-order chi connectivity index (χ1) is 5.22. The fourth-order valence-electron chi connectivity index (χ4n) is 0.540. The van der Waals surface area contributed by atoms with Gasteiger partial charge in [-0.15, -0.1) is 18.3 Å². The summed E-state index contributed by atoms with van der Waals surface area (Å²) in [6, 6.07) is 0. The fourth-order valence-corrected chi connectivity index (χ4v) is 1.17. The maximum atomic E-state index is 11.0. The van der Waals surface area contributed by atoms with Gasteiger partial charge in [0.1, 0.15) is 0 Å². The normalized spacial score (nSPS) is 12.2. The molecule has 3 heteroatoms. The number of rotatable bonds is 5. The predicted molar refractivity (Wildman–Crippen MR) is 48.8 cm³/mol. The summed E-state index contributed by atoms with van der Waals surface area (Å²) in [5, 5.41) is -0.0760. The smallest absolute Gasteiger partial charge is 0.318 e. The maximum Gasteiger partial charge on any atom is 0.318 e. The summed E-state index contributed by atoms with van der Waals surface area (Å²) in [6.45, 7) is 7.67. The molecule has 0 aromatic heterocycles. The lowest BCUT2D eigenvalue weighted by molar-refractivity contribution is -0.142.